The lowest BCUT2D eigenvalue weighted by Crippen LogP contribution is -2.49. The molecule has 1 fully saturated rings. The molecule has 1 aromatic carbocycles. The highest BCUT2D eigenvalue weighted by molar-refractivity contribution is 5.96. The van der Waals surface area contributed by atoms with Gasteiger partial charge in [0.05, 0.1) is 0 Å². The number of benzene rings is 1. The molecule has 5 nitrogen and oxygen atoms in total. The molecule has 0 aromatic heterocycles. The van der Waals surface area contributed by atoms with Crippen LogP contribution < -0.4 is 11.1 Å². The number of likely N-dealkylation sites (tertiary alicyclic amines) is 1. The number of aryl methyl sites for hydroxylation is 1. The van der Waals surface area contributed by atoms with Crippen molar-refractivity contribution >= 4 is 17.5 Å². The number of carbonyl (C=O) groups is 2. The van der Waals surface area contributed by atoms with Gasteiger partial charge in [-0.3, -0.25) is 9.59 Å². The zero-order valence-corrected chi connectivity index (χ0v) is 15.8. The van der Waals surface area contributed by atoms with E-state index in [1.807, 2.05) is 37.8 Å². The van der Waals surface area contributed by atoms with Crippen molar-refractivity contribution in [3.8, 4) is 0 Å². The predicted molar refractivity (Wildman–Crippen MR) is 102 cm³/mol. The summed E-state index contributed by atoms with van der Waals surface area (Å²) >= 11 is 0. The Bertz CT molecular complexity index is 627. The predicted octanol–water partition coefficient (Wildman–Crippen LogP) is 3.18. The number of anilines is 1. The molecule has 1 aromatic rings. The molecule has 25 heavy (non-hydrogen) atoms. The number of hydrogen-bond donors (Lipinski definition) is 2. The highest BCUT2D eigenvalue weighted by atomic mass is 16.2. The van der Waals surface area contributed by atoms with Gasteiger partial charge in [-0.2, -0.15) is 0 Å². The molecular formula is C20H31N3O2. The molecule has 0 radical (unpaired) electrons. The average molecular weight is 345 g/mol. The fourth-order valence-corrected chi connectivity index (χ4v) is 3.42. The second-order valence-corrected chi connectivity index (χ2v) is 7.69. The van der Waals surface area contributed by atoms with Crippen LogP contribution in [0.25, 0.3) is 0 Å². The van der Waals surface area contributed by atoms with E-state index >= 15 is 0 Å². The van der Waals surface area contributed by atoms with Crippen LogP contribution in [0.15, 0.2) is 18.2 Å². The van der Waals surface area contributed by atoms with Crippen molar-refractivity contribution < 1.29 is 9.59 Å². The third kappa shape index (κ3) is 5.05. The lowest BCUT2D eigenvalue weighted by Gasteiger charge is -2.38. The van der Waals surface area contributed by atoms with Gasteiger partial charge in [-0.25, -0.2) is 0 Å². The van der Waals surface area contributed by atoms with Crippen LogP contribution in [0, 0.1) is 18.8 Å². The number of nitrogens with one attached hydrogen (secondary N) is 1. The van der Waals surface area contributed by atoms with Gasteiger partial charge in [0.2, 0.25) is 5.91 Å². The van der Waals surface area contributed by atoms with Crippen molar-refractivity contribution in [2.75, 3.05) is 18.4 Å². The van der Waals surface area contributed by atoms with E-state index in [0.29, 0.717) is 30.4 Å². The maximum absolute atomic E-state index is 12.9. The summed E-state index contributed by atoms with van der Waals surface area (Å²) in [5.74, 6) is 0.963. The number of hydrogen-bond acceptors (Lipinski definition) is 3. The van der Waals surface area contributed by atoms with Crippen LogP contribution in [0.2, 0.25) is 0 Å². The van der Waals surface area contributed by atoms with Gasteiger partial charge in [0.15, 0.2) is 0 Å². The van der Waals surface area contributed by atoms with Crippen LogP contribution >= 0.6 is 0 Å². The number of nitrogens with two attached hydrogens (primary N) is 1. The molecule has 2 unspecified atom stereocenters. The first kappa shape index (κ1) is 19.4. The van der Waals surface area contributed by atoms with Crippen molar-refractivity contribution in [3.05, 3.63) is 29.3 Å². The van der Waals surface area contributed by atoms with E-state index in [2.05, 4.69) is 12.2 Å². The second-order valence-electron chi connectivity index (χ2n) is 7.69. The van der Waals surface area contributed by atoms with Gasteiger partial charge >= 0.3 is 0 Å². The summed E-state index contributed by atoms with van der Waals surface area (Å²) in [5.41, 5.74) is 8.21. The monoisotopic (exact) mass is 345 g/mol. The first-order chi connectivity index (χ1) is 11.8. The van der Waals surface area contributed by atoms with Crippen LogP contribution in [-0.2, 0) is 4.79 Å². The van der Waals surface area contributed by atoms with Gasteiger partial charge in [-0.05, 0) is 55.4 Å². The minimum Gasteiger partial charge on any atom is -0.334 e. The molecule has 1 heterocycles. The van der Waals surface area contributed by atoms with Crippen LogP contribution in [0.3, 0.4) is 0 Å². The Morgan fingerprint density at radius 1 is 1.36 bits per heavy atom. The highest BCUT2D eigenvalue weighted by Gasteiger charge is 2.29. The first-order valence-electron chi connectivity index (χ1n) is 9.23. The summed E-state index contributed by atoms with van der Waals surface area (Å²) in [7, 11) is 0. The third-order valence-corrected chi connectivity index (χ3v) is 4.85. The van der Waals surface area contributed by atoms with Gasteiger partial charge < -0.3 is 16.0 Å². The van der Waals surface area contributed by atoms with Gasteiger partial charge in [0, 0.05) is 36.8 Å². The lowest BCUT2D eigenvalue weighted by molar-refractivity contribution is -0.116. The summed E-state index contributed by atoms with van der Waals surface area (Å²) in [6.07, 6.45) is 2.47. The molecule has 138 valence electrons. The second kappa shape index (κ2) is 8.48. The molecule has 0 saturated carbocycles. The molecular weight excluding hydrogens is 314 g/mol. The molecule has 1 saturated heterocycles. The Balaban J connectivity index is 2.11. The Hall–Kier alpha value is -1.88. The Kier molecular flexibility index (Phi) is 6.59. The largest absolute Gasteiger partial charge is 0.334 e. The molecule has 3 N–H and O–H groups in total. The average Bonchev–Trinajstić information content (AvgIpc) is 2.55. The third-order valence-electron chi connectivity index (χ3n) is 4.85. The molecule has 0 aliphatic carbocycles. The van der Waals surface area contributed by atoms with E-state index < -0.39 is 0 Å². The molecule has 5 heteroatoms. The number of amides is 2. The van der Waals surface area contributed by atoms with Crippen molar-refractivity contribution in [1.29, 1.82) is 0 Å². The number of carbonyl (C=O) groups excluding carboxylic acids is 2. The number of piperidine rings is 1. The van der Waals surface area contributed by atoms with Crippen molar-refractivity contribution in [3.63, 3.8) is 0 Å². The Morgan fingerprint density at radius 3 is 2.68 bits per heavy atom. The Morgan fingerprint density at radius 2 is 2.08 bits per heavy atom. The molecule has 2 atom stereocenters. The van der Waals surface area contributed by atoms with Crippen molar-refractivity contribution in [2.24, 2.45) is 17.6 Å². The molecule has 2 rings (SSSR count). The maximum Gasteiger partial charge on any atom is 0.254 e. The fourth-order valence-electron chi connectivity index (χ4n) is 3.42. The lowest BCUT2D eigenvalue weighted by atomic mass is 9.91. The summed E-state index contributed by atoms with van der Waals surface area (Å²) in [5, 5.41) is 2.93. The van der Waals surface area contributed by atoms with E-state index in [0.717, 1.165) is 30.6 Å². The van der Waals surface area contributed by atoms with Gasteiger partial charge in [-0.15, -0.1) is 0 Å². The van der Waals surface area contributed by atoms with Crippen LogP contribution in [0.4, 0.5) is 5.69 Å². The zero-order chi connectivity index (χ0) is 18.6. The normalized spacial score (nSPS) is 20.6. The summed E-state index contributed by atoms with van der Waals surface area (Å²) in [4.78, 5) is 26.8. The highest BCUT2D eigenvalue weighted by Crippen LogP contribution is 2.25. The smallest absolute Gasteiger partial charge is 0.254 e. The molecule has 1 aliphatic rings. The summed E-state index contributed by atoms with van der Waals surface area (Å²) in [6, 6.07) is 5.59. The van der Waals surface area contributed by atoms with Gasteiger partial charge in [0.1, 0.15) is 0 Å². The number of nitrogens with zero attached hydrogens (tertiary/aromatic N) is 1. The SMILES string of the molecule is Cc1cc(C(=O)N2CCC(C)CC2CN)ccc1NC(=O)CC(C)C. The van der Waals surface area contributed by atoms with Crippen LogP contribution in [0.1, 0.15) is 56.0 Å². The molecule has 1 aliphatic heterocycles. The standard InChI is InChI=1S/C20H31N3O2/c1-13(2)9-19(24)22-18-6-5-16(11-15(18)4)20(25)23-8-7-14(3)10-17(23)12-21/h5-6,11,13-14,17H,7-10,12,21H2,1-4H3,(H,22,24). The first-order valence-corrected chi connectivity index (χ1v) is 9.23. The summed E-state index contributed by atoms with van der Waals surface area (Å²) in [6.45, 7) is 9.42. The summed E-state index contributed by atoms with van der Waals surface area (Å²) < 4.78 is 0. The maximum atomic E-state index is 12.9. The van der Waals surface area contributed by atoms with E-state index in [1.54, 1.807) is 6.07 Å². The molecule has 0 spiro atoms. The fraction of sp³-hybridized carbons (Fsp3) is 0.600. The minimum atomic E-state index is 0.00499. The topological polar surface area (TPSA) is 75.4 Å². The van der Waals surface area contributed by atoms with E-state index in [1.165, 1.54) is 0 Å². The number of rotatable bonds is 5. The quantitative estimate of drug-likeness (QED) is 0.860. The van der Waals surface area contributed by atoms with E-state index in [-0.39, 0.29) is 17.9 Å². The van der Waals surface area contributed by atoms with Gasteiger partial charge in [-0.1, -0.05) is 20.8 Å². The van der Waals surface area contributed by atoms with Crippen LogP contribution in [-0.4, -0.2) is 35.8 Å². The minimum absolute atomic E-state index is 0.00499. The van der Waals surface area contributed by atoms with Crippen molar-refractivity contribution in [2.45, 2.75) is 53.0 Å². The molecule has 2 amide bonds. The zero-order valence-electron chi connectivity index (χ0n) is 15.8. The van der Waals surface area contributed by atoms with Crippen LogP contribution in [0.5, 0.6) is 0 Å². The van der Waals surface area contributed by atoms with E-state index in [9.17, 15) is 9.59 Å². The van der Waals surface area contributed by atoms with E-state index in [4.69, 9.17) is 5.73 Å². The molecule has 0 bridgehead atoms. The van der Waals surface area contributed by atoms with Gasteiger partial charge in [0.25, 0.3) is 5.91 Å². The Labute approximate surface area is 151 Å². The van der Waals surface area contributed by atoms with Crippen molar-refractivity contribution in [1.82, 2.24) is 4.90 Å².